The first-order valence-electron chi connectivity index (χ1n) is 6.41. The lowest BCUT2D eigenvalue weighted by Crippen LogP contribution is -2.49. The first-order chi connectivity index (χ1) is 7.91. The molecule has 1 saturated heterocycles. The number of cyclic esters (lactones) is 1. The lowest BCUT2D eigenvalue weighted by molar-refractivity contribution is -0.123. The summed E-state index contributed by atoms with van der Waals surface area (Å²) < 4.78 is 10.8. The van der Waals surface area contributed by atoms with Gasteiger partial charge in [-0.05, 0) is 24.2 Å². The fraction of sp³-hybridized carbons (Fsp3) is 0.786. The Morgan fingerprint density at radius 2 is 2.06 bits per heavy atom. The van der Waals surface area contributed by atoms with Crippen molar-refractivity contribution in [3.05, 3.63) is 12.7 Å². The third-order valence-corrected chi connectivity index (χ3v) is 5.88. The van der Waals surface area contributed by atoms with Gasteiger partial charge in [0.2, 0.25) is 0 Å². The van der Waals surface area contributed by atoms with Crippen LogP contribution in [-0.4, -0.2) is 18.4 Å². The second-order valence-electron chi connectivity index (χ2n) is 6.47. The highest BCUT2D eigenvalue weighted by Crippen LogP contribution is 2.70. The molecule has 3 heteroatoms. The topological polar surface area (TPSA) is 35.5 Å². The summed E-state index contributed by atoms with van der Waals surface area (Å²) in [7, 11) is 0. The summed E-state index contributed by atoms with van der Waals surface area (Å²) in [4.78, 5) is 11.5. The van der Waals surface area contributed by atoms with E-state index in [2.05, 4.69) is 27.4 Å². The number of hydrogen-bond donors (Lipinski definition) is 0. The maximum atomic E-state index is 11.5. The molecule has 1 heterocycles. The molecular formula is C14H20O3. The normalized spacial score (nSPS) is 50.4. The van der Waals surface area contributed by atoms with Crippen LogP contribution in [-0.2, 0) is 9.47 Å². The molecule has 94 valence electrons. The maximum absolute atomic E-state index is 11.5. The predicted octanol–water partition coefficient (Wildman–Crippen LogP) is 3.15. The zero-order valence-corrected chi connectivity index (χ0v) is 10.7. The van der Waals surface area contributed by atoms with Gasteiger partial charge in [-0.15, -0.1) is 0 Å². The van der Waals surface area contributed by atoms with E-state index in [0.717, 1.165) is 6.42 Å². The van der Waals surface area contributed by atoms with Crippen LogP contribution in [0.5, 0.6) is 0 Å². The molecular weight excluding hydrogens is 216 g/mol. The van der Waals surface area contributed by atoms with Gasteiger partial charge in [0.15, 0.2) is 0 Å². The summed E-state index contributed by atoms with van der Waals surface area (Å²) in [6, 6.07) is 0. The van der Waals surface area contributed by atoms with Crippen molar-refractivity contribution in [2.75, 3.05) is 0 Å². The molecule has 0 N–H and O–H groups in total. The lowest BCUT2D eigenvalue weighted by atomic mass is 9.70. The van der Waals surface area contributed by atoms with E-state index in [1.54, 1.807) is 6.08 Å². The molecule has 0 aromatic heterocycles. The number of carbonyl (C=O) groups excluding carboxylic acids is 1. The van der Waals surface area contributed by atoms with Crippen molar-refractivity contribution in [1.29, 1.82) is 0 Å². The number of hydrogen-bond acceptors (Lipinski definition) is 3. The zero-order valence-electron chi connectivity index (χ0n) is 10.7. The summed E-state index contributed by atoms with van der Waals surface area (Å²) in [5.74, 6) is 0.854. The average molecular weight is 236 g/mol. The number of rotatable bonds is 1. The number of fused-ring (bicyclic) bond motifs is 5. The lowest BCUT2D eigenvalue weighted by Gasteiger charge is -2.42. The van der Waals surface area contributed by atoms with E-state index in [1.165, 1.54) is 6.42 Å². The van der Waals surface area contributed by atoms with E-state index in [4.69, 9.17) is 9.47 Å². The largest absolute Gasteiger partial charge is 0.509 e. The standard InChI is InChI=1S/C14H20O3/c1-5-9-10-8-6-7-14(4,13(8,2)3)11(10)17-12(15)16-9/h5,8-11H,1,6-7H2,2-4H3/t8-,9+,10+,11-,14+/m1/s1. The molecule has 2 bridgehead atoms. The third-order valence-electron chi connectivity index (χ3n) is 5.88. The molecule has 17 heavy (non-hydrogen) atoms. The van der Waals surface area contributed by atoms with Crippen LogP contribution in [0.4, 0.5) is 4.79 Å². The van der Waals surface area contributed by atoms with Gasteiger partial charge in [0.1, 0.15) is 12.2 Å². The van der Waals surface area contributed by atoms with Crippen LogP contribution in [0.25, 0.3) is 0 Å². The van der Waals surface area contributed by atoms with Gasteiger partial charge >= 0.3 is 6.16 Å². The second-order valence-corrected chi connectivity index (χ2v) is 6.47. The highest BCUT2D eigenvalue weighted by Gasteiger charge is 2.70. The first-order valence-corrected chi connectivity index (χ1v) is 6.41. The Bertz CT molecular complexity index is 387. The van der Waals surface area contributed by atoms with Gasteiger partial charge in [0.05, 0.1) is 0 Å². The van der Waals surface area contributed by atoms with E-state index in [-0.39, 0.29) is 23.0 Å². The van der Waals surface area contributed by atoms with Crippen LogP contribution in [0.1, 0.15) is 33.6 Å². The second kappa shape index (κ2) is 3.06. The van der Waals surface area contributed by atoms with E-state index in [0.29, 0.717) is 11.8 Å². The van der Waals surface area contributed by atoms with Crippen molar-refractivity contribution >= 4 is 6.16 Å². The molecule has 2 aliphatic carbocycles. The van der Waals surface area contributed by atoms with Gasteiger partial charge in [-0.1, -0.05) is 33.4 Å². The van der Waals surface area contributed by atoms with Gasteiger partial charge in [-0.2, -0.15) is 0 Å². The van der Waals surface area contributed by atoms with E-state index >= 15 is 0 Å². The summed E-state index contributed by atoms with van der Waals surface area (Å²) in [5, 5.41) is 0. The molecule has 1 aliphatic heterocycles. The molecule has 0 unspecified atom stereocenters. The molecule has 0 spiro atoms. The molecule has 0 aromatic rings. The van der Waals surface area contributed by atoms with E-state index in [9.17, 15) is 4.79 Å². The van der Waals surface area contributed by atoms with Gasteiger partial charge in [-0.25, -0.2) is 4.79 Å². The molecule has 3 aliphatic rings. The molecule has 0 aromatic carbocycles. The van der Waals surface area contributed by atoms with Crippen molar-refractivity contribution in [1.82, 2.24) is 0 Å². The SMILES string of the molecule is C=C[C@@H]1OC(=O)O[C@@H]2[C@H]1[C@H]1CC[C@]2(C)C1(C)C. The minimum atomic E-state index is -0.527. The fourth-order valence-corrected chi connectivity index (χ4v) is 4.52. The van der Waals surface area contributed by atoms with Crippen molar-refractivity contribution < 1.29 is 14.3 Å². The van der Waals surface area contributed by atoms with Crippen LogP contribution >= 0.6 is 0 Å². The smallest absolute Gasteiger partial charge is 0.430 e. The maximum Gasteiger partial charge on any atom is 0.509 e. The molecule has 3 fully saturated rings. The Hall–Kier alpha value is -0.990. The molecule has 3 nitrogen and oxygen atoms in total. The Balaban J connectivity index is 2.06. The highest BCUT2D eigenvalue weighted by molar-refractivity contribution is 5.62. The van der Waals surface area contributed by atoms with Crippen LogP contribution < -0.4 is 0 Å². The van der Waals surface area contributed by atoms with Crippen LogP contribution in [0.15, 0.2) is 12.7 Å². The molecule has 0 amide bonds. The van der Waals surface area contributed by atoms with Gasteiger partial charge in [-0.3, -0.25) is 0 Å². The molecule has 2 saturated carbocycles. The van der Waals surface area contributed by atoms with Crippen molar-refractivity contribution in [3.8, 4) is 0 Å². The van der Waals surface area contributed by atoms with Crippen molar-refractivity contribution in [2.24, 2.45) is 22.7 Å². The molecule has 5 atom stereocenters. The van der Waals surface area contributed by atoms with Crippen molar-refractivity contribution in [2.45, 2.75) is 45.8 Å². The predicted molar refractivity (Wildman–Crippen MR) is 63.4 cm³/mol. The fourth-order valence-electron chi connectivity index (χ4n) is 4.52. The summed E-state index contributed by atoms with van der Waals surface area (Å²) in [6.45, 7) is 10.7. The highest BCUT2D eigenvalue weighted by atomic mass is 16.7. The van der Waals surface area contributed by atoms with Gasteiger partial charge in [0, 0.05) is 11.3 Å². The first kappa shape index (κ1) is 11.1. The summed E-state index contributed by atoms with van der Waals surface area (Å²) in [5.41, 5.74) is 0.292. The zero-order chi connectivity index (χ0) is 12.4. The Labute approximate surface area is 102 Å². The monoisotopic (exact) mass is 236 g/mol. The quantitative estimate of drug-likeness (QED) is 0.518. The Kier molecular flexibility index (Phi) is 2.00. The third kappa shape index (κ3) is 1.10. The van der Waals surface area contributed by atoms with Gasteiger partial charge < -0.3 is 9.47 Å². The summed E-state index contributed by atoms with van der Waals surface area (Å²) >= 11 is 0. The van der Waals surface area contributed by atoms with E-state index < -0.39 is 6.16 Å². The summed E-state index contributed by atoms with van der Waals surface area (Å²) in [6.07, 6.45) is 3.41. The Morgan fingerprint density at radius 1 is 1.35 bits per heavy atom. The van der Waals surface area contributed by atoms with Crippen LogP contribution in [0.3, 0.4) is 0 Å². The minimum absolute atomic E-state index is 0.000463. The molecule has 3 rings (SSSR count). The Morgan fingerprint density at radius 3 is 2.71 bits per heavy atom. The minimum Gasteiger partial charge on any atom is -0.430 e. The number of carbonyl (C=O) groups is 1. The number of ether oxygens (including phenoxy) is 2. The van der Waals surface area contributed by atoms with Gasteiger partial charge in [0.25, 0.3) is 0 Å². The van der Waals surface area contributed by atoms with Crippen molar-refractivity contribution in [3.63, 3.8) is 0 Å². The average Bonchev–Trinajstić information content (AvgIpc) is 2.59. The van der Waals surface area contributed by atoms with E-state index in [1.807, 2.05) is 0 Å². The van der Waals surface area contributed by atoms with Crippen LogP contribution in [0, 0.1) is 22.7 Å². The van der Waals surface area contributed by atoms with Crippen LogP contribution in [0.2, 0.25) is 0 Å². The molecule has 0 radical (unpaired) electrons.